The Hall–Kier alpha value is -0.130. The Morgan fingerprint density at radius 2 is 1.71 bits per heavy atom. The third-order valence-corrected chi connectivity index (χ3v) is 4.33. The first kappa shape index (κ1) is 11.9. The molecule has 5 heteroatoms. The molecule has 0 bridgehead atoms. The molecule has 2 N–H and O–H groups in total. The molecule has 1 saturated carbocycles. The van der Waals surface area contributed by atoms with Crippen molar-refractivity contribution in [1.82, 2.24) is 4.31 Å². The third kappa shape index (κ3) is 2.93. The van der Waals surface area contributed by atoms with Gasteiger partial charge < -0.3 is 0 Å². The molecule has 0 spiro atoms. The van der Waals surface area contributed by atoms with E-state index < -0.39 is 10.2 Å². The van der Waals surface area contributed by atoms with E-state index in [1.165, 1.54) is 4.31 Å². The number of hydrogen-bond acceptors (Lipinski definition) is 2. The molecule has 0 saturated heterocycles. The first-order valence-electron chi connectivity index (χ1n) is 4.98. The highest BCUT2D eigenvalue weighted by Gasteiger charge is 2.31. The van der Waals surface area contributed by atoms with E-state index in [9.17, 15) is 8.42 Å². The van der Waals surface area contributed by atoms with Crippen molar-refractivity contribution in [2.75, 3.05) is 7.05 Å². The third-order valence-electron chi connectivity index (χ3n) is 3.22. The van der Waals surface area contributed by atoms with Gasteiger partial charge in [-0.3, -0.25) is 0 Å². The van der Waals surface area contributed by atoms with Crippen LogP contribution in [0.3, 0.4) is 0 Å². The van der Waals surface area contributed by atoms with Crippen LogP contribution < -0.4 is 5.14 Å². The standard InChI is InChI=1S/C9H20N2O2S/c1-9(2)6-4-8(5-7-9)11(3)14(10,12)13/h8H,4-7H2,1-3H3,(H2,10,12,13). The second-order valence-electron chi connectivity index (χ2n) is 4.96. The van der Waals surface area contributed by atoms with E-state index in [-0.39, 0.29) is 6.04 Å². The normalized spacial score (nSPS) is 24.1. The van der Waals surface area contributed by atoms with Gasteiger partial charge in [-0.1, -0.05) is 13.8 Å². The number of nitrogens with two attached hydrogens (primary N) is 1. The summed E-state index contributed by atoms with van der Waals surface area (Å²) in [5.74, 6) is 0. The van der Waals surface area contributed by atoms with Crippen LogP contribution in [0, 0.1) is 5.41 Å². The predicted octanol–water partition coefficient (Wildman–Crippen LogP) is 1.09. The van der Waals surface area contributed by atoms with E-state index >= 15 is 0 Å². The number of rotatable bonds is 2. The lowest BCUT2D eigenvalue weighted by atomic mass is 9.76. The summed E-state index contributed by atoms with van der Waals surface area (Å²) in [5.41, 5.74) is 0.357. The maximum atomic E-state index is 11.1. The van der Waals surface area contributed by atoms with Gasteiger partial charge in [-0.15, -0.1) is 0 Å². The predicted molar refractivity (Wildman–Crippen MR) is 56.9 cm³/mol. The van der Waals surface area contributed by atoms with Gasteiger partial charge in [-0.05, 0) is 31.1 Å². The van der Waals surface area contributed by atoms with Gasteiger partial charge in [0.15, 0.2) is 0 Å². The highest BCUT2D eigenvalue weighted by Crippen LogP contribution is 2.36. The molecule has 0 amide bonds. The molecule has 1 rings (SSSR count). The summed E-state index contributed by atoms with van der Waals surface area (Å²) < 4.78 is 23.5. The van der Waals surface area contributed by atoms with Crippen molar-refractivity contribution in [1.29, 1.82) is 0 Å². The van der Waals surface area contributed by atoms with Crippen molar-refractivity contribution >= 4 is 10.2 Å². The quantitative estimate of drug-likeness (QED) is 0.757. The number of nitrogens with zero attached hydrogens (tertiary/aromatic N) is 1. The molecular formula is C9H20N2O2S. The summed E-state index contributed by atoms with van der Waals surface area (Å²) in [5, 5.41) is 5.08. The van der Waals surface area contributed by atoms with Crippen molar-refractivity contribution in [2.45, 2.75) is 45.6 Å². The van der Waals surface area contributed by atoms with Gasteiger partial charge in [-0.25, -0.2) is 5.14 Å². The van der Waals surface area contributed by atoms with Crippen LogP contribution in [0.25, 0.3) is 0 Å². The zero-order valence-corrected chi connectivity index (χ0v) is 9.97. The Labute approximate surface area is 86.6 Å². The first-order chi connectivity index (χ1) is 6.22. The Balaban J connectivity index is 2.59. The van der Waals surface area contributed by atoms with Crippen LogP contribution in [-0.2, 0) is 10.2 Å². The smallest absolute Gasteiger partial charge is 0.216 e. The molecule has 1 aliphatic rings. The second-order valence-corrected chi connectivity index (χ2v) is 6.56. The van der Waals surface area contributed by atoms with E-state index in [2.05, 4.69) is 13.8 Å². The van der Waals surface area contributed by atoms with Crippen molar-refractivity contribution in [3.63, 3.8) is 0 Å². The summed E-state index contributed by atoms with van der Waals surface area (Å²) in [7, 11) is -1.94. The molecular weight excluding hydrogens is 200 g/mol. The van der Waals surface area contributed by atoms with Gasteiger partial charge in [0.25, 0.3) is 10.2 Å². The summed E-state index contributed by atoms with van der Waals surface area (Å²) >= 11 is 0. The topological polar surface area (TPSA) is 63.4 Å². The maximum Gasteiger partial charge on any atom is 0.276 e. The SMILES string of the molecule is CN(C1CCC(C)(C)CC1)S(N)(=O)=O. The highest BCUT2D eigenvalue weighted by molar-refractivity contribution is 7.86. The molecule has 1 aliphatic carbocycles. The van der Waals surface area contributed by atoms with Gasteiger partial charge in [0.05, 0.1) is 0 Å². The van der Waals surface area contributed by atoms with E-state index in [0.29, 0.717) is 5.41 Å². The molecule has 0 heterocycles. The molecule has 0 radical (unpaired) electrons. The fourth-order valence-corrected chi connectivity index (χ4v) is 2.58. The van der Waals surface area contributed by atoms with Gasteiger partial charge in [0.2, 0.25) is 0 Å². The maximum absolute atomic E-state index is 11.1. The van der Waals surface area contributed by atoms with Crippen LogP contribution in [0.4, 0.5) is 0 Å². The van der Waals surface area contributed by atoms with Crippen molar-refractivity contribution in [2.24, 2.45) is 10.6 Å². The fraction of sp³-hybridized carbons (Fsp3) is 1.00. The summed E-state index contributed by atoms with van der Waals surface area (Å²) in [6.07, 6.45) is 3.97. The molecule has 0 unspecified atom stereocenters. The van der Waals surface area contributed by atoms with Crippen molar-refractivity contribution in [3.8, 4) is 0 Å². The monoisotopic (exact) mass is 220 g/mol. The fourth-order valence-electron chi connectivity index (χ4n) is 1.96. The van der Waals surface area contributed by atoms with Crippen LogP contribution in [-0.4, -0.2) is 25.8 Å². The van der Waals surface area contributed by atoms with Crippen LogP contribution in [0.15, 0.2) is 0 Å². The van der Waals surface area contributed by atoms with Crippen LogP contribution in [0.1, 0.15) is 39.5 Å². The lowest BCUT2D eigenvalue weighted by molar-refractivity contribution is 0.174. The van der Waals surface area contributed by atoms with Gasteiger partial charge in [0.1, 0.15) is 0 Å². The molecule has 84 valence electrons. The van der Waals surface area contributed by atoms with E-state index in [1.807, 2.05) is 0 Å². The minimum absolute atomic E-state index is 0.0954. The van der Waals surface area contributed by atoms with E-state index in [4.69, 9.17) is 5.14 Å². The lowest BCUT2D eigenvalue weighted by Gasteiger charge is -2.37. The minimum atomic E-state index is -3.51. The average Bonchev–Trinajstić information content (AvgIpc) is 2.01. The molecule has 0 aromatic carbocycles. The summed E-state index contributed by atoms with van der Waals surface area (Å²) in [4.78, 5) is 0. The van der Waals surface area contributed by atoms with Crippen molar-refractivity contribution < 1.29 is 8.42 Å². The summed E-state index contributed by atoms with van der Waals surface area (Å²) in [6, 6.07) is 0.0954. The van der Waals surface area contributed by atoms with Crippen LogP contribution in [0.5, 0.6) is 0 Å². The first-order valence-corrected chi connectivity index (χ1v) is 6.48. The molecule has 0 aromatic heterocycles. The molecule has 4 nitrogen and oxygen atoms in total. The zero-order valence-electron chi connectivity index (χ0n) is 9.16. The molecule has 0 aromatic rings. The Morgan fingerprint density at radius 3 is 2.07 bits per heavy atom. The Kier molecular flexibility index (Phi) is 3.23. The van der Waals surface area contributed by atoms with Crippen LogP contribution >= 0.6 is 0 Å². The van der Waals surface area contributed by atoms with Gasteiger partial charge >= 0.3 is 0 Å². The lowest BCUT2D eigenvalue weighted by Crippen LogP contribution is -2.43. The van der Waals surface area contributed by atoms with Gasteiger partial charge in [-0.2, -0.15) is 12.7 Å². The van der Waals surface area contributed by atoms with E-state index in [1.54, 1.807) is 7.05 Å². The average molecular weight is 220 g/mol. The molecule has 1 fully saturated rings. The summed E-state index contributed by atoms with van der Waals surface area (Å²) in [6.45, 7) is 4.44. The molecule has 0 atom stereocenters. The molecule has 0 aliphatic heterocycles. The highest BCUT2D eigenvalue weighted by atomic mass is 32.2. The van der Waals surface area contributed by atoms with Crippen molar-refractivity contribution in [3.05, 3.63) is 0 Å². The van der Waals surface area contributed by atoms with E-state index in [0.717, 1.165) is 25.7 Å². The number of hydrogen-bond donors (Lipinski definition) is 1. The second kappa shape index (κ2) is 3.79. The zero-order chi connectivity index (χ0) is 11.0. The van der Waals surface area contributed by atoms with Crippen LogP contribution in [0.2, 0.25) is 0 Å². The minimum Gasteiger partial charge on any atom is -0.216 e. The molecule has 14 heavy (non-hydrogen) atoms. The Morgan fingerprint density at radius 1 is 1.29 bits per heavy atom. The Bertz CT molecular complexity index is 288. The largest absolute Gasteiger partial charge is 0.276 e. The van der Waals surface area contributed by atoms with Gasteiger partial charge in [0, 0.05) is 13.1 Å².